The SMILES string of the molecule is OCCC1(CNCc2cc(Cl)ccc2Br)CCOC1. The first kappa shape index (κ1) is 15.3. The quantitative estimate of drug-likeness (QED) is 0.830. The number of aliphatic hydroxyl groups is 1. The van der Waals surface area contributed by atoms with Gasteiger partial charge >= 0.3 is 0 Å². The predicted octanol–water partition coefficient (Wildman–Crippen LogP) is 2.98. The van der Waals surface area contributed by atoms with Crippen LogP contribution in [0.25, 0.3) is 0 Å². The molecule has 1 unspecified atom stereocenters. The number of hydrogen-bond acceptors (Lipinski definition) is 3. The van der Waals surface area contributed by atoms with E-state index in [9.17, 15) is 5.11 Å². The molecular formula is C14H19BrClNO2. The molecule has 1 fully saturated rings. The Hall–Kier alpha value is -0.130. The Morgan fingerprint density at radius 1 is 1.47 bits per heavy atom. The zero-order valence-electron chi connectivity index (χ0n) is 10.8. The van der Waals surface area contributed by atoms with Crippen LogP contribution < -0.4 is 5.32 Å². The molecule has 0 saturated carbocycles. The molecular weight excluding hydrogens is 330 g/mol. The Morgan fingerprint density at radius 2 is 2.32 bits per heavy atom. The van der Waals surface area contributed by atoms with Crippen LogP contribution in [0.4, 0.5) is 0 Å². The van der Waals surface area contributed by atoms with E-state index in [0.29, 0.717) is 0 Å². The summed E-state index contributed by atoms with van der Waals surface area (Å²) in [7, 11) is 0. The van der Waals surface area contributed by atoms with E-state index in [4.69, 9.17) is 16.3 Å². The standard InChI is InChI=1S/C14H19BrClNO2/c15-13-2-1-12(16)7-11(13)8-17-9-14(3-5-18)4-6-19-10-14/h1-2,7,17-18H,3-6,8-10H2. The lowest BCUT2D eigenvalue weighted by molar-refractivity contribution is 0.124. The Morgan fingerprint density at radius 3 is 3.00 bits per heavy atom. The van der Waals surface area contributed by atoms with Crippen molar-refractivity contribution in [3.63, 3.8) is 0 Å². The molecule has 1 aromatic rings. The summed E-state index contributed by atoms with van der Waals surface area (Å²) in [5.74, 6) is 0. The summed E-state index contributed by atoms with van der Waals surface area (Å²) in [5.41, 5.74) is 1.23. The van der Waals surface area contributed by atoms with E-state index in [1.807, 2.05) is 18.2 Å². The van der Waals surface area contributed by atoms with E-state index in [1.165, 1.54) is 0 Å². The highest BCUT2D eigenvalue weighted by atomic mass is 79.9. The van der Waals surface area contributed by atoms with Crippen molar-refractivity contribution >= 4 is 27.5 Å². The Balaban J connectivity index is 1.90. The molecule has 1 atom stereocenters. The van der Waals surface area contributed by atoms with Crippen LogP contribution in [0.5, 0.6) is 0 Å². The minimum absolute atomic E-state index is 0.0831. The highest BCUT2D eigenvalue weighted by Crippen LogP contribution is 2.31. The minimum Gasteiger partial charge on any atom is -0.396 e. The van der Waals surface area contributed by atoms with Gasteiger partial charge in [-0.1, -0.05) is 27.5 Å². The number of hydrogen-bond donors (Lipinski definition) is 2. The zero-order chi connectivity index (χ0) is 13.7. The molecule has 0 aromatic heterocycles. The van der Waals surface area contributed by atoms with E-state index in [2.05, 4.69) is 21.2 Å². The van der Waals surface area contributed by atoms with Crippen molar-refractivity contribution in [3.8, 4) is 0 Å². The second kappa shape index (κ2) is 7.04. The van der Waals surface area contributed by atoms with Gasteiger partial charge < -0.3 is 15.2 Å². The Bertz CT molecular complexity index is 422. The van der Waals surface area contributed by atoms with Crippen LogP contribution in [0.15, 0.2) is 22.7 Å². The number of halogens is 2. The molecule has 19 heavy (non-hydrogen) atoms. The van der Waals surface area contributed by atoms with Gasteiger partial charge in [-0.15, -0.1) is 0 Å². The first-order valence-corrected chi connectivity index (χ1v) is 7.66. The van der Waals surface area contributed by atoms with Gasteiger partial charge in [-0.05, 0) is 36.6 Å². The summed E-state index contributed by atoms with van der Waals surface area (Å²) < 4.78 is 6.54. The van der Waals surface area contributed by atoms with E-state index in [1.54, 1.807) is 0 Å². The molecule has 3 nitrogen and oxygen atoms in total. The molecule has 0 bridgehead atoms. The topological polar surface area (TPSA) is 41.5 Å². The van der Waals surface area contributed by atoms with Crippen molar-refractivity contribution in [3.05, 3.63) is 33.3 Å². The average molecular weight is 349 g/mol. The number of aliphatic hydroxyl groups excluding tert-OH is 1. The molecule has 106 valence electrons. The lowest BCUT2D eigenvalue weighted by Crippen LogP contribution is -2.35. The summed E-state index contributed by atoms with van der Waals surface area (Å²) in [6.07, 6.45) is 1.80. The van der Waals surface area contributed by atoms with Crippen LogP contribution in [-0.2, 0) is 11.3 Å². The van der Waals surface area contributed by atoms with Crippen molar-refractivity contribution in [1.29, 1.82) is 0 Å². The van der Waals surface area contributed by atoms with Gasteiger partial charge in [-0.3, -0.25) is 0 Å². The highest BCUT2D eigenvalue weighted by Gasteiger charge is 2.33. The lowest BCUT2D eigenvalue weighted by atomic mass is 9.84. The van der Waals surface area contributed by atoms with Crippen molar-refractivity contribution in [2.75, 3.05) is 26.4 Å². The molecule has 1 aliphatic rings. The Kier molecular flexibility index (Phi) is 5.66. The fraction of sp³-hybridized carbons (Fsp3) is 0.571. The van der Waals surface area contributed by atoms with Crippen LogP contribution in [-0.4, -0.2) is 31.5 Å². The van der Waals surface area contributed by atoms with Crippen LogP contribution in [0.2, 0.25) is 5.02 Å². The molecule has 0 aliphatic carbocycles. The van der Waals surface area contributed by atoms with Gasteiger partial charge in [-0.2, -0.15) is 0 Å². The average Bonchev–Trinajstić information content (AvgIpc) is 2.83. The van der Waals surface area contributed by atoms with Gasteiger partial charge in [0.2, 0.25) is 0 Å². The van der Waals surface area contributed by atoms with Gasteiger partial charge in [0, 0.05) is 41.2 Å². The normalized spacial score (nSPS) is 22.9. The molecule has 5 heteroatoms. The third kappa shape index (κ3) is 4.17. The van der Waals surface area contributed by atoms with E-state index in [-0.39, 0.29) is 12.0 Å². The second-order valence-corrected chi connectivity index (χ2v) is 6.41. The third-order valence-electron chi connectivity index (χ3n) is 3.65. The highest BCUT2D eigenvalue weighted by molar-refractivity contribution is 9.10. The molecule has 1 aliphatic heterocycles. The summed E-state index contributed by atoms with van der Waals surface area (Å²) in [4.78, 5) is 0. The molecule has 1 heterocycles. The summed E-state index contributed by atoms with van der Waals surface area (Å²) in [6.45, 7) is 3.35. The summed E-state index contributed by atoms with van der Waals surface area (Å²) in [6, 6.07) is 5.79. The van der Waals surface area contributed by atoms with Gasteiger partial charge in [-0.25, -0.2) is 0 Å². The second-order valence-electron chi connectivity index (χ2n) is 5.12. The zero-order valence-corrected chi connectivity index (χ0v) is 13.1. The van der Waals surface area contributed by atoms with Gasteiger partial charge in [0.1, 0.15) is 0 Å². The number of benzene rings is 1. The van der Waals surface area contributed by atoms with Crippen molar-refractivity contribution in [2.24, 2.45) is 5.41 Å². The molecule has 2 rings (SSSR count). The first-order valence-electron chi connectivity index (χ1n) is 6.48. The van der Waals surface area contributed by atoms with E-state index >= 15 is 0 Å². The third-order valence-corrected chi connectivity index (χ3v) is 4.66. The van der Waals surface area contributed by atoms with Crippen LogP contribution in [0.1, 0.15) is 18.4 Å². The molecule has 0 amide bonds. The monoisotopic (exact) mass is 347 g/mol. The van der Waals surface area contributed by atoms with Crippen molar-refractivity contribution in [1.82, 2.24) is 5.32 Å². The smallest absolute Gasteiger partial charge is 0.0536 e. The maximum absolute atomic E-state index is 9.18. The fourth-order valence-corrected chi connectivity index (χ4v) is 3.03. The molecule has 2 N–H and O–H groups in total. The first-order chi connectivity index (χ1) is 9.15. The maximum Gasteiger partial charge on any atom is 0.0536 e. The van der Waals surface area contributed by atoms with Crippen LogP contribution in [0.3, 0.4) is 0 Å². The molecule has 0 radical (unpaired) electrons. The number of rotatable bonds is 6. The van der Waals surface area contributed by atoms with E-state index < -0.39 is 0 Å². The predicted molar refractivity (Wildman–Crippen MR) is 80.4 cm³/mol. The summed E-state index contributed by atoms with van der Waals surface area (Å²) in [5, 5.41) is 13.4. The number of nitrogens with one attached hydrogen (secondary N) is 1. The van der Waals surface area contributed by atoms with E-state index in [0.717, 1.165) is 54.2 Å². The number of ether oxygens (including phenoxy) is 1. The van der Waals surface area contributed by atoms with Crippen molar-refractivity contribution < 1.29 is 9.84 Å². The van der Waals surface area contributed by atoms with Crippen LogP contribution >= 0.6 is 27.5 Å². The molecule has 0 spiro atoms. The minimum atomic E-state index is 0.0831. The maximum atomic E-state index is 9.18. The van der Waals surface area contributed by atoms with Crippen molar-refractivity contribution in [2.45, 2.75) is 19.4 Å². The lowest BCUT2D eigenvalue weighted by Gasteiger charge is -2.27. The molecule has 1 aromatic carbocycles. The molecule has 1 saturated heterocycles. The fourth-order valence-electron chi connectivity index (χ4n) is 2.45. The summed E-state index contributed by atoms with van der Waals surface area (Å²) >= 11 is 9.52. The van der Waals surface area contributed by atoms with Gasteiger partial charge in [0.25, 0.3) is 0 Å². The Labute approximate surface area is 127 Å². The van der Waals surface area contributed by atoms with Gasteiger partial charge in [0.15, 0.2) is 0 Å². The van der Waals surface area contributed by atoms with Crippen LogP contribution in [0, 0.1) is 5.41 Å². The van der Waals surface area contributed by atoms with Gasteiger partial charge in [0.05, 0.1) is 6.61 Å². The largest absolute Gasteiger partial charge is 0.396 e.